The first-order valence-electron chi connectivity index (χ1n) is 9.76. The van der Waals surface area contributed by atoms with Crippen molar-refractivity contribution in [3.8, 4) is 0 Å². The van der Waals surface area contributed by atoms with Gasteiger partial charge in [0.25, 0.3) is 0 Å². The average molecular weight is 345 g/mol. The predicted octanol–water partition coefficient (Wildman–Crippen LogP) is 7.32. The van der Waals surface area contributed by atoms with E-state index < -0.39 is 0 Å². The Hall–Kier alpha value is -2.08. The highest BCUT2D eigenvalue weighted by Gasteiger charge is 2.36. The second-order valence-corrected chi connectivity index (χ2v) is 9.09. The van der Waals surface area contributed by atoms with Gasteiger partial charge in [-0.15, -0.1) is 6.58 Å². The van der Waals surface area contributed by atoms with Crippen molar-refractivity contribution in [2.75, 3.05) is 0 Å². The van der Waals surface area contributed by atoms with Crippen LogP contribution in [0.4, 0.5) is 0 Å². The Bertz CT molecular complexity index is 829. The third-order valence-corrected chi connectivity index (χ3v) is 6.05. The van der Waals surface area contributed by atoms with Gasteiger partial charge in [-0.3, -0.25) is 0 Å². The maximum atomic E-state index is 3.81. The van der Waals surface area contributed by atoms with E-state index in [2.05, 4.69) is 89.7 Å². The molecule has 2 aromatic carbocycles. The van der Waals surface area contributed by atoms with Crippen molar-refractivity contribution in [2.24, 2.45) is 0 Å². The highest BCUT2D eigenvalue weighted by atomic mass is 14.4. The minimum Gasteiger partial charge on any atom is -0.103 e. The molecule has 0 spiro atoms. The molecule has 0 N–H and O–H groups in total. The van der Waals surface area contributed by atoms with Crippen LogP contribution in [0.2, 0.25) is 0 Å². The Labute approximate surface area is 159 Å². The lowest BCUT2D eigenvalue weighted by atomic mass is 9.63. The number of rotatable bonds is 4. The van der Waals surface area contributed by atoms with Gasteiger partial charge in [0.15, 0.2) is 0 Å². The summed E-state index contributed by atoms with van der Waals surface area (Å²) in [5.74, 6) is 0. The second kappa shape index (κ2) is 6.91. The summed E-state index contributed by atoms with van der Waals surface area (Å²) in [6, 6.07) is 15.9. The van der Waals surface area contributed by atoms with E-state index in [1.807, 2.05) is 6.08 Å². The van der Waals surface area contributed by atoms with Crippen LogP contribution in [0.5, 0.6) is 0 Å². The van der Waals surface area contributed by atoms with Gasteiger partial charge in [-0.2, -0.15) is 0 Å². The highest BCUT2D eigenvalue weighted by Crippen LogP contribution is 2.46. The predicted molar refractivity (Wildman–Crippen MR) is 116 cm³/mol. The Morgan fingerprint density at radius 3 is 2.15 bits per heavy atom. The van der Waals surface area contributed by atoms with Gasteiger partial charge in [-0.1, -0.05) is 82.3 Å². The van der Waals surface area contributed by atoms with Crippen LogP contribution in [-0.2, 0) is 17.3 Å². The topological polar surface area (TPSA) is 0 Å². The summed E-state index contributed by atoms with van der Waals surface area (Å²) in [5, 5.41) is 0. The molecule has 26 heavy (non-hydrogen) atoms. The van der Waals surface area contributed by atoms with E-state index in [1.54, 1.807) is 0 Å². The Balaban J connectivity index is 1.95. The van der Waals surface area contributed by atoms with Crippen LogP contribution in [-0.4, -0.2) is 0 Å². The van der Waals surface area contributed by atoms with Crippen molar-refractivity contribution < 1.29 is 0 Å². The van der Waals surface area contributed by atoms with Crippen LogP contribution in [0.3, 0.4) is 0 Å². The van der Waals surface area contributed by atoms with Crippen LogP contribution in [0.25, 0.3) is 11.6 Å². The van der Waals surface area contributed by atoms with Gasteiger partial charge in [0.05, 0.1) is 0 Å². The van der Waals surface area contributed by atoms with Gasteiger partial charge in [-0.25, -0.2) is 0 Å². The van der Waals surface area contributed by atoms with Crippen LogP contribution >= 0.6 is 0 Å². The molecule has 0 unspecified atom stereocenters. The molecule has 136 valence electrons. The van der Waals surface area contributed by atoms with E-state index in [9.17, 15) is 0 Å². The third kappa shape index (κ3) is 3.70. The number of hydrogen-bond donors (Lipinski definition) is 0. The fourth-order valence-corrected chi connectivity index (χ4v) is 4.08. The van der Waals surface area contributed by atoms with Crippen molar-refractivity contribution >= 4 is 11.6 Å². The molecule has 0 atom stereocenters. The van der Waals surface area contributed by atoms with Crippen LogP contribution in [0.1, 0.15) is 75.3 Å². The van der Waals surface area contributed by atoms with E-state index in [0.29, 0.717) is 0 Å². The summed E-state index contributed by atoms with van der Waals surface area (Å²) in [5.41, 5.74) is 8.82. The largest absolute Gasteiger partial charge is 0.103 e. The van der Waals surface area contributed by atoms with Crippen LogP contribution in [0, 0.1) is 0 Å². The summed E-state index contributed by atoms with van der Waals surface area (Å²) in [6.07, 6.45) is 7.69. The zero-order valence-electron chi connectivity index (χ0n) is 17.0. The zero-order chi connectivity index (χ0) is 18.9. The molecule has 0 heterocycles. The highest BCUT2D eigenvalue weighted by molar-refractivity contribution is 5.80. The molecule has 0 heteroatoms. The van der Waals surface area contributed by atoms with Crippen molar-refractivity contribution in [3.05, 3.63) is 82.9 Å². The number of hydrogen-bond acceptors (Lipinski definition) is 0. The molecule has 0 amide bonds. The molecular weight excluding hydrogens is 312 g/mol. The van der Waals surface area contributed by atoms with Crippen molar-refractivity contribution in [2.45, 2.75) is 64.7 Å². The SMILES string of the molecule is C=CCc1ccc(C=C(C)c2ccc3c(c2)C(C)(C)CCC3(C)C)cc1. The average Bonchev–Trinajstić information content (AvgIpc) is 2.61. The summed E-state index contributed by atoms with van der Waals surface area (Å²) < 4.78 is 0. The third-order valence-electron chi connectivity index (χ3n) is 6.05. The second-order valence-electron chi connectivity index (χ2n) is 9.09. The molecule has 1 aliphatic carbocycles. The van der Waals surface area contributed by atoms with Crippen LogP contribution < -0.4 is 0 Å². The lowest BCUT2D eigenvalue weighted by Crippen LogP contribution is -2.33. The van der Waals surface area contributed by atoms with Gasteiger partial charge in [0, 0.05) is 0 Å². The number of allylic oxidation sites excluding steroid dienone is 2. The number of benzene rings is 2. The van der Waals surface area contributed by atoms with Gasteiger partial charge < -0.3 is 0 Å². The summed E-state index contributed by atoms with van der Waals surface area (Å²) in [7, 11) is 0. The maximum Gasteiger partial charge on any atom is -0.0100 e. The molecule has 0 radical (unpaired) electrons. The molecule has 1 aliphatic rings. The molecule has 0 aromatic heterocycles. The van der Waals surface area contributed by atoms with Gasteiger partial charge >= 0.3 is 0 Å². The Kier molecular flexibility index (Phi) is 4.97. The minimum absolute atomic E-state index is 0.257. The number of fused-ring (bicyclic) bond motifs is 1. The molecule has 0 fully saturated rings. The monoisotopic (exact) mass is 344 g/mol. The first-order chi connectivity index (χ1) is 12.2. The molecule has 2 aromatic rings. The summed E-state index contributed by atoms with van der Waals surface area (Å²) in [4.78, 5) is 0. The van der Waals surface area contributed by atoms with Gasteiger partial charge in [0.2, 0.25) is 0 Å². The van der Waals surface area contributed by atoms with E-state index in [4.69, 9.17) is 0 Å². The summed E-state index contributed by atoms with van der Waals surface area (Å²) >= 11 is 0. The quantitative estimate of drug-likeness (QED) is 0.402. The molecule has 0 aliphatic heterocycles. The molecule has 0 saturated heterocycles. The van der Waals surface area contributed by atoms with Crippen molar-refractivity contribution in [1.82, 2.24) is 0 Å². The lowest BCUT2D eigenvalue weighted by molar-refractivity contribution is 0.332. The van der Waals surface area contributed by atoms with E-state index >= 15 is 0 Å². The van der Waals surface area contributed by atoms with E-state index in [-0.39, 0.29) is 10.8 Å². The van der Waals surface area contributed by atoms with Crippen LogP contribution in [0.15, 0.2) is 55.1 Å². The Morgan fingerprint density at radius 1 is 0.923 bits per heavy atom. The fourth-order valence-electron chi connectivity index (χ4n) is 4.08. The molecule has 0 saturated carbocycles. The normalized spacial score (nSPS) is 18.3. The zero-order valence-corrected chi connectivity index (χ0v) is 17.0. The van der Waals surface area contributed by atoms with Crippen molar-refractivity contribution in [1.29, 1.82) is 0 Å². The fraction of sp³-hybridized carbons (Fsp3) is 0.385. The lowest BCUT2D eigenvalue weighted by Gasteiger charge is -2.42. The van der Waals surface area contributed by atoms with Crippen molar-refractivity contribution in [3.63, 3.8) is 0 Å². The Morgan fingerprint density at radius 2 is 1.54 bits per heavy atom. The van der Waals surface area contributed by atoms with Gasteiger partial charge in [0.1, 0.15) is 0 Å². The summed E-state index contributed by atoms with van der Waals surface area (Å²) in [6.45, 7) is 15.6. The van der Waals surface area contributed by atoms with Gasteiger partial charge in [-0.05, 0) is 70.4 Å². The molecule has 3 rings (SSSR count). The minimum atomic E-state index is 0.257. The first-order valence-corrected chi connectivity index (χ1v) is 9.76. The molecule has 0 nitrogen and oxygen atoms in total. The van der Waals surface area contributed by atoms with E-state index in [0.717, 1.165) is 6.42 Å². The smallest absolute Gasteiger partial charge is 0.0100 e. The molecule has 0 bridgehead atoms. The first kappa shape index (κ1) is 18.7. The molecular formula is C26H32. The maximum absolute atomic E-state index is 3.81. The standard InChI is InChI=1S/C26H32/c1-7-8-20-9-11-21(12-10-20)17-19(2)22-13-14-23-24(18-22)26(5,6)16-15-25(23,3)4/h7,9-14,17-18H,1,8,15-16H2,2-6H3. The van der Waals surface area contributed by atoms with E-state index in [1.165, 1.54) is 46.2 Å².